The SMILES string of the molecule is CC1=Cc2c(ccc3c2/C(=C/C=C/C(C)C)Oc2ccc(F)cc2-3)NC1(C)C. The number of hydrogen-bond donors (Lipinski definition) is 1. The Morgan fingerprint density at radius 2 is 1.89 bits per heavy atom. The van der Waals surface area contributed by atoms with Gasteiger partial charge in [-0.05, 0) is 68.2 Å². The average Bonchev–Trinajstić information content (AvgIpc) is 2.62. The van der Waals surface area contributed by atoms with Crippen LogP contribution >= 0.6 is 0 Å². The molecule has 0 bridgehead atoms. The first kappa shape index (κ1) is 18.5. The van der Waals surface area contributed by atoms with Gasteiger partial charge in [0.15, 0.2) is 0 Å². The third-order valence-electron chi connectivity index (χ3n) is 5.48. The minimum absolute atomic E-state index is 0.109. The molecule has 4 rings (SSSR count). The molecule has 0 atom stereocenters. The fraction of sp³-hybridized carbons (Fsp3) is 0.280. The summed E-state index contributed by atoms with van der Waals surface area (Å²) < 4.78 is 20.2. The average molecular weight is 375 g/mol. The van der Waals surface area contributed by atoms with Crippen LogP contribution < -0.4 is 10.1 Å². The lowest BCUT2D eigenvalue weighted by Gasteiger charge is -2.36. The fourth-order valence-corrected chi connectivity index (χ4v) is 3.65. The molecule has 2 heterocycles. The number of fused-ring (bicyclic) bond motifs is 5. The van der Waals surface area contributed by atoms with Gasteiger partial charge in [0.1, 0.15) is 17.3 Å². The maximum absolute atomic E-state index is 14.0. The van der Waals surface area contributed by atoms with Gasteiger partial charge in [-0.1, -0.05) is 38.1 Å². The minimum Gasteiger partial charge on any atom is -0.456 e. The molecule has 0 amide bonds. The minimum atomic E-state index is -0.260. The van der Waals surface area contributed by atoms with E-state index in [1.54, 1.807) is 12.1 Å². The van der Waals surface area contributed by atoms with Crippen molar-refractivity contribution in [2.75, 3.05) is 5.32 Å². The van der Waals surface area contributed by atoms with Crippen molar-refractivity contribution in [2.45, 2.75) is 40.2 Å². The Bertz CT molecular complexity index is 1040. The Kier molecular flexibility index (Phi) is 4.41. The van der Waals surface area contributed by atoms with E-state index in [-0.39, 0.29) is 11.4 Å². The summed E-state index contributed by atoms with van der Waals surface area (Å²) in [6.45, 7) is 10.8. The fourth-order valence-electron chi connectivity index (χ4n) is 3.65. The molecule has 0 saturated heterocycles. The molecule has 0 aromatic heterocycles. The van der Waals surface area contributed by atoms with Crippen molar-refractivity contribution in [1.29, 1.82) is 0 Å². The van der Waals surface area contributed by atoms with Crippen LogP contribution in [0, 0.1) is 11.7 Å². The van der Waals surface area contributed by atoms with Gasteiger partial charge >= 0.3 is 0 Å². The lowest BCUT2D eigenvalue weighted by molar-refractivity contribution is 0.508. The number of ether oxygens (including phenoxy) is 1. The van der Waals surface area contributed by atoms with Gasteiger partial charge in [-0.3, -0.25) is 0 Å². The Morgan fingerprint density at radius 3 is 2.64 bits per heavy atom. The normalized spacial score (nSPS) is 18.2. The van der Waals surface area contributed by atoms with Crippen LogP contribution in [0.1, 0.15) is 45.7 Å². The number of rotatable bonds is 2. The molecule has 28 heavy (non-hydrogen) atoms. The standard InChI is InChI=1S/C25H26FNO/c1-15(2)7-6-8-23-24-18(19-14-17(26)9-12-22(19)28-23)10-11-21-20(24)13-16(3)25(4,5)27-21/h6-15,27H,1-5H3/b7-6+,23-8-. The molecule has 2 nitrogen and oxygen atoms in total. The van der Waals surface area contributed by atoms with Gasteiger partial charge in [0.2, 0.25) is 0 Å². The highest BCUT2D eigenvalue weighted by Crippen LogP contribution is 2.47. The summed E-state index contributed by atoms with van der Waals surface area (Å²) >= 11 is 0. The van der Waals surface area contributed by atoms with Gasteiger partial charge in [0.05, 0.1) is 5.54 Å². The number of halogens is 1. The molecule has 0 saturated carbocycles. The zero-order valence-corrected chi connectivity index (χ0v) is 17.1. The molecular formula is C25H26FNO. The summed E-state index contributed by atoms with van der Waals surface area (Å²) in [6.07, 6.45) is 8.40. The second-order valence-corrected chi connectivity index (χ2v) is 8.43. The van der Waals surface area contributed by atoms with Gasteiger partial charge in [-0.25, -0.2) is 4.39 Å². The molecule has 2 aliphatic rings. The molecule has 2 aromatic rings. The maximum atomic E-state index is 14.0. The summed E-state index contributed by atoms with van der Waals surface area (Å²) in [4.78, 5) is 0. The third-order valence-corrected chi connectivity index (χ3v) is 5.48. The van der Waals surface area contributed by atoms with Crippen LogP contribution in [0.3, 0.4) is 0 Å². The highest BCUT2D eigenvalue weighted by molar-refractivity contribution is 5.95. The summed E-state index contributed by atoms with van der Waals surface area (Å²) in [5.74, 6) is 1.66. The highest BCUT2D eigenvalue weighted by Gasteiger charge is 2.31. The molecule has 0 spiro atoms. The van der Waals surface area contributed by atoms with Crippen LogP contribution in [0.25, 0.3) is 23.0 Å². The first-order valence-corrected chi connectivity index (χ1v) is 9.77. The smallest absolute Gasteiger partial charge is 0.135 e. The molecule has 3 heteroatoms. The molecule has 2 aromatic carbocycles. The van der Waals surface area contributed by atoms with Gasteiger partial charge < -0.3 is 10.1 Å². The van der Waals surface area contributed by atoms with Crippen molar-refractivity contribution in [3.05, 3.63) is 71.1 Å². The van der Waals surface area contributed by atoms with E-state index in [1.807, 2.05) is 12.2 Å². The zero-order valence-electron chi connectivity index (χ0n) is 17.1. The van der Waals surface area contributed by atoms with Crippen LogP contribution in [-0.2, 0) is 0 Å². The Hall–Kier alpha value is -2.81. The molecule has 1 N–H and O–H groups in total. The zero-order chi connectivity index (χ0) is 20.1. The molecule has 0 radical (unpaired) electrons. The summed E-state index contributed by atoms with van der Waals surface area (Å²) in [5, 5.41) is 3.62. The Balaban J connectivity index is 1.97. The van der Waals surface area contributed by atoms with Gasteiger partial charge in [0.25, 0.3) is 0 Å². The lowest BCUT2D eigenvalue weighted by Crippen LogP contribution is -2.35. The number of benzene rings is 2. The van der Waals surface area contributed by atoms with Crippen molar-refractivity contribution >= 4 is 17.5 Å². The van der Waals surface area contributed by atoms with Crippen molar-refractivity contribution in [3.8, 4) is 16.9 Å². The monoisotopic (exact) mass is 375 g/mol. The number of hydrogen-bond acceptors (Lipinski definition) is 2. The predicted molar refractivity (Wildman–Crippen MR) is 116 cm³/mol. The first-order valence-electron chi connectivity index (χ1n) is 9.77. The lowest BCUT2D eigenvalue weighted by atomic mass is 9.83. The van der Waals surface area contributed by atoms with E-state index < -0.39 is 0 Å². The van der Waals surface area contributed by atoms with Crippen molar-refractivity contribution in [3.63, 3.8) is 0 Å². The largest absolute Gasteiger partial charge is 0.456 e. The summed E-state index contributed by atoms with van der Waals surface area (Å²) in [6, 6.07) is 8.85. The van der Waals surface area contributed by atoms with Gasteiger partial charge in [-0.2, -0.15) is 0 Å². The van der Waals surface area contributed by atoms with Crippen molar-refractivity contribution in [1.82, 2.24) is 0 Å². The van der Waals surface area contributed by atoms with E-state index in [0.29, 0.717) is 11.7 Å². The van der Waals surface area contributed by atoms with E-state index in [1.165, 1.54) is 11.6 Å². The van der Waals surface area contributed by atoms with Crippen LogP contribution in [0.15, 0.2) is 54.1 Å². The third kappa shape index (κ3) is 3.15. The second kappa shape index (κ2) is 6.66. The number of anilines is 1. The van der Waals surface area contributed by atoms with Gasteiger partial charge in [-0.15, -0.1) is 0 Å². The number of nitrogens with one attached hydrogen (secondary N) is 1. The molecule has 144 valence electrons. The van der Waals surface area contributed by atoms with E-state index in [9.17, 15) is 4.39 Å². The Labute approximate surface area is 166 Å². The first-order chi connectivity index (χ1) is 13.3. The second-order valence-electron chi connectivity index (χ2n) is 8.43. The summed E-state index contributed by atoms with van der Waals surface area (Å²) in [7, 11) is 0. The van der Waals surface area contributed by atoms with Gasteiger partial charge in [0, 0.05) is 22.4 Å². The molecule has 2 aliphatic heterocycles. The van der Waals surface area contributed by atoms with E-state index in [2.05, 4.69) is 64.2 Å². The van der Waals surface area contributed by atoms with E-state index >= 15 is 0 Å². The molecule has 0 aliphatic carbocycles. The van der Waals surface area contributed by atoms with Crippen molar-refractivity contribution in [2.24, 2.45) is 5.92 Å². The molecular weight excluding hydrogens is 349 g/mol. The van der Waals surface area contributed by atoms with Crippen LogP contribution in [0.5, 0.6) is 5.75 Å². The summed E-state index contributed by atoms with van der Waals surface area (Å²) in [5.41, 5.74) is 6.09. The molecule has 0 unspecified atom stereocenters. The van der Waals surface area contributed by atoms with E-state index in [0.717, 1.165) is 33.7 Å². The Morgan fingerprint density at radius 1 is 1.11 bits per heavy atom. The van der Waals surface area contributed by atoms with Crippen LogP contribution in [-0.4, -0.2) is 5.54 Å². The van der Waals surface area contributed by atoms with Crippen molar-refractivity contribution < 1.29 is 9.13 Å². The number of allylic oxidation sites excluding steroid dienone is 3. The van der Waals surface area contributed by atoms with Crippen LogP contribution in [0.4, 0.5) is 10.1 Å². The highest BCUT2D eigenvalue weighted by atomic mass is 19.1. The van der Waals surface area contributed by atoms with E-state index in [4.69, 9.17) is 4.74 Å². The maximum Gasteiger partial charge on any atom is 0.135 e. The van der Waals surface area contributed by atoms with Crippen LogP contribution in [0.2, 0.25) is 0 Å². The molecule has 0 fully saturated rings. The predicted octanol–water partition coefficient (Wildman–Crippen LogP) is 7.05. The topological polar surface area (TPSA) is 21.3 Å². The quantitative estimate of drug-likeness (QED) is 0.607.